The van der Waals surface area contributed by atoms with Gasteiger partial charge in [0, 0.05) is 12.4 Å². The maximum atomic E-state index is 12.5. The molecule has 6 heteroatoms. The van der Waals surface area contributed by atoms with Crippen molar-refractivity contribution in [2.75, 3.05) is 14.2 Å². The molecule has 0 aliphatic heterocycles. The number of aryl methyl sites for hydroxylation is 1. The molecule has 2 heterocycles. The molecule has 0 aliphatic carbocycles. The van der Waals surface area contributed by atoms with Gasteiger partial charge in [-0.15, -0.1) is 0 Å². The van der Waals surface area contributed by atoms with Crippen molar-refractivity contribution < 1.29 is 23.2 Å². The van der Waals surface area contributed by atoms with E-state index in [-0.39, 0.29) is 18.2 Å². The van der Waals surface area contributed by atoms with Crippen LogP contribution in [0, 0.1) is 6.92 Å². The van der Waals surface area contributed by atoms with Gasteiger partial charge in [-0.25, -0.2) is 4.79 Å². The van der Waals surface area contributed by atoms with Crippen LogP contribution in [0.25, 0.3) is 11.0 Å². The van der Waals surface area contributed by atoms with Crippen molar-refractivity contribution in [3.8, 4) is 0 Å². The number of rotatable bonds is 4. The number of carbonyl (C=O) groups is 2. The molecule has 0 spiro atoms. The highest BCUT2D eigenvalue weighted by Gasteiger charge is 2.20. The summed E-state index contributed by atoms with van der Waals surface area (Å²) in [5.74, 6) is 0.491. The first-order chi connectivity index (χ1) is 11.5. The molecule has 1 amide bonds. The normalized spacial score (nSPS) is 10.8. The van der Waals surface area contributed by atoms with Gasteiger partial charge in [0.15, 0.2) is 5.76 Å². The third-order valence-corrected chi connectivity index (χ3v) is 3.75. The summed E-state index contributed by atoms with van der Waals surface area (Å²) in [6.07, 6.45) is 0. The average molecular weight is 327 g/mol. The Bertz CT molecular complexity index is 872. The fourth-order valence-electron chi connectivity index (χ4n) is 2.52. The van der Waals surface area contributed by atoms with Gasteiger partial charge in [-0.05, 0) is 25.1 Å². The minimum Gasteiger partial charge on any atom is -0.465 e. The van der Waals surface area contributed by atoms with Crippen LogP contribution in [-0.4, -0.2) is 30.9 Å². The van der Waals surface area contributed by atoms with Gasteiger partial charge in [0.05, 0.1) is 13.7 Å². The highest BCUT2D eigenvalue weighted by atomic mass is 16.5. The average Bonchev–Trinajstić information content (AvgIpc) is 3.16. The Kier molecular flexibility index (Phi) is 4.12. The fraction of sp³-hybridized carbons (Fsp3) is 0.222. The molecule has 1 aromatic carbocycles. The summed E-state index contributed by atoms with van der Waals surface area (Å²) in [4.78, 5) is 25.6. The summed E-state index contributed by atoms with van der Waals surface area (Å²) in [6.45, 7) is 1.89. The number of ether oxygens (including phenoxy) is 1. The van der Waals surface area contributed by atoms with E-state index in [1.807, 2.05) is 24.3 Å². The fourth-order valence-corrected chi connectivity index (χ4v) is 2.52. The van der Waals surface area contributed by atoms with Crippen LogP contribution in [0.1, 0.15) is 32.4 Å². The zero-order valence-electron chi connectivity index (χ0n) is 13.7. The monoisotopic (exact) mass is 327 g/mol. The van der Waals surface area contributed by atoms with E-state index >= 15 is 0 Å². The number of esters is 1. The van der Waals surface area contributed by atoms with Gasteiger partial charge in [-0.2, -0.15) is 0 Å². The molecular weight excluding hydrogens is 310 g/mol. The van der Waals surface area contributed by atoms with E-state index in [0.717, 1.165) is 5.39 Å². The number of amides is 1. The molecule has 0 saturated carbocycles. The minimum absolute atomic E-state index is 0.216. The van der Waals surface area contributed by atoms with Crippen molar-refractivity contribution in [3.05, 3.63) is 59.2 Å². The Morgan fingerprint density at radius 1 is 1.17 bits per heavy atom. The largest absolute Gasteiger partial charge is 0.465 e. The highest BCUT2D eigenvalue weighted by molar-refractivity contribution is 5.96. The molecule has 0 N–H and O–H groups in total. The van der Waals surface area contributed by atoms with Crippen molar-refractivity contribution >= 4 is 22.8 Å². The van der Waals surface area contributed by atoms with Crippen LogP contribution in [0.2, 0.25) is 0 Å². The maximum absolute atomic E-state index is 12.5. The quantitative estimate of drug-likeness (QED) is 0.687. The molecule has 3 aromatic rings. The van der Waals surface area contributed by atoms with E-state index in [1.165, 1.54) is 12.0 Å². The number of hydrogen-bond donors (Lipinski definition) is 0. The third-order valence-electron chi connectivity index (χ3n) is 3.75. The Morgan fingerprint density at radius 3 is 2.62 bits per heavy atom. The smallest absolute Gasteiger partial charge is 0.341 e. The van der Waals surface area contributed by atoms with E-state index in [0.29, 0.717) is 22.7 Å². The van der Waals surface area contributed by atoms with Gasteiger partial charge in [0.1, 0.15) is 22.7 Å². The standard InChI is InChI=1S/C18H17NO5/c1-11-14(18(21)22-3)9-13(23-11)10-19(2)17(20)16-8-12-6-4-5-7-15(12)24-16/h4-9H,10H2,1-3H3. The predicted molar refractivity (Wildman–Crippen MR) is 86.8 cm³/mol. The summed E-state index contributed by atoms with van der Waals surface area (Å²) in [7, 11) is 2.96. The third kappa shape index (κ3) is 2.90. The summed E-state index contributed by atoms with van der Waals surface area (Å²) in [6, 6.07) is 10.7. The zero-order valence-corrected chi connectivity index (χ0v) is 13.7. The number of nitrogens with zero attached hydrogens (tertiary/aromatic N) is 1. The predicted octanol–water partition coefficient (Wildman–Crippen LogP) is 3.39. The van der Waals surface area contributed by atoms with E-state index in [2.05, 4.69) is 0 Å². The van der Waals surface area contributed by atoms with Crippen LogP contribution in [-0.2, 0) is 11.3 Å². The molecule has 2 aromatic heterocycles. The van der Waals surface area contributed by atoms with Gasteiger partial charge in [-0.3, -0.25) is 4.79 Å². The number of para-hydroxylation sites is 1. The first-order valence-corrected chi connectivity index (χ1v) is 7.41. The van der Waals surface area contributed by atoms with Crippen molar-refractivity contribution in [2.45, 2.75) is 13.5 Å². The summed E-state index contributed by atoms with van der Waals surface area (Å²) in [5, 5.41) is 0.871. The van der Waals surface area contributed by atoms with E-state index in [1.54, 1.807) is 26.1 Å². The van der Waals surface area contributed by atoms with E-state index in [9.17, 15) is 9.59 Å². The Labute approximate surface area is 138 Å². The Hall–Kier alpha value is -3.02. The molecule has 0 aliphatic rings. The second-order valence-electron chi connectivity index (χ2n) is 5.48. The number of furan rings is 2. The van der Waals surface area contributed by atoms with Gasteiger partial charge in [0.2, 0.25) is 0 Å². The molecule has 6 nitrogen and oxygen atoms in total. The lowest BCUT2D eigenvalue weighted by molar-refractivity contribution is 0.0598. The summed E-state index contributed by atoms with van der Waals surface area (Å²) in [5.41, 5.74) is 1.02. The van der Waals surface area contributed by atoms with Crippen LogP contribution in [0.4, 0.5) is 0 Å². The molecule has 0 saturated heterocycles. The van der Waals surface area contributed by atoms with Crippen molar-refractivity contribution in [3.63, 3.8) is 0 Å². The van der Waals surface area contributed by atoms with Gasteiger partial charge in [-0.1, -0.05) is 18.2 Å². The van der Waals surface area contributed by atoms with Crippen LogP contribution < -0.4 is 0 Å². The number of benzene rings is 1. The molecule has 0 fully saturated rings. The topological polar surface area (TPSA) is 72.9 Å². The first kappa shape index (κ1) is 15.9. The van der Waals surface area contributed by atoms with Crippen molar-refractivity contribution in [2.24, 2.45) is 0 Å². The molecular formula is C18H17NO5. The first-order valence-electron chi connectivity index (χ1n) is 7.41. The summed E-state index contributed by atoms with van der Waals surface area (Å²) < 4.78 is 15.8. The highest BCUT2D eigenvalue weighted by Crippen LogP contribution is 2.21. The van der Waals surface area contributed by atoms with Crippen LogP contribution in [0.15, 0.2) is 45.2 Å². The molecule has 0 radical (unpaired) electrons. The lowest BCUT2D eigenvalue weighted by Crippen LogP contribution is -2.25. The zero-order chi connectivity index (χ0) is 17.3. The second kappa shape index (κ2) is 6.23. The van der Waals surface area contributed by atoms with Crippen LogP contribution >= 0.6 is 0 Å². The van der Waals surface area contributed by atoms with Crippen molar-refractivity contribution in [1.82, 2.24) is 4.90 Å². The molecule has 3 rings (SSSR count). The van der Waals surface area contributed by atoms with Gasteiger partial charge >= 0.3 is 5.97 Å². The van der Waals surface area contributed by atoms with Gasteiger partial charge in [0.25, 0.3) is 5.91 Å². The Morgan fingerprint density at radius 2 is 1.92 bits per heavy atom. The molecule has 24 heavy (non-hydrogen) atoms. The summed E-state index contributed by atoms with van der Waals surface area (Å²) >= 11 is 0. The van der Waals surface area contributed by atoms with Crippen LogP contribution in [0.5, 0.6) is 0 Å². The number of methoxy groups -OCH3 is 1. The lowest BCUT2D eigenvalue weighted by Gasteiger charge is -2.13. The van der Waals surface area contributed by atoms with E-state index in [4.69, 9.17) is 13.6 Å². The van der Waals surface area contributed by atoms with Crippen LogP contribution in [0.3, 0.4) is 0 Å². The maximum Gasteiger partial charge on any atom is 0.341 e. The Balaban J connectivity index is 1.78. The second-order valence-corrected chi connectivity index (χ2v) is 5.48. The molecule has 0 atom stereocenters. The lowest BCUT2D eigenvalue weighted by atomic mass is 10.2. The van der Waals surface area contributed by atoms with Crippen molar-refractivity contribution in [1.29, 1.82) is 0 Å². The molecule has 0 unspecified atom stereocenters. The van der Waals surface area contributed by atoms with Gasteiger partial charge < -0.3 is 18.5 Å². The molecule has 124 valence electrons. The number of hydrogen-bond acceptors (Lipinski definition) is 5. The number of carbonyl (C=O) groups excluding carboxylic acids is 2. The van der Waals surface area contributed by atoms with E-state index < -0.39 is 5.97 Å². The number of fused-ring (bicyclic) bond motifs is 1. The molecule has 0 bridgehead atoms. The minimum atomic E-state index is -0.464. The SMILES string of the molecule is COC(=O)c1cc(CN(C)C(=O)c2cc3ccccc3o2)oc1C.